The van der Waals surface area contributed by atoms with Crippen molar-refractivity contribution in [3.63, 3.8) is 0 Å². The summed E-state index contributed by atoms with van der Waals surface area (Å²) in [5.41, 5.74) is 8.03. The van der Waals surface area contributed by atoms with Gasteiger partial charge in [0.05, 0.1) is 11.2 Å². The van der Waals surface area contributed by atoms with E-state index < -0.39 is 6.17 Å². The quantitative estimate of drug-likeness (QED) is 0.292. The predicted octanol–water partition coefficient (Wildman–Crippen LogP) is 8.39. The fourth-order valence-electron chi connectivity index (χ4n) is 3.98. The van der Waals surface area contributed by atoms with Gasteiger partial charge in [-0.05, 0) is 78.8 Å². The number of pyridine rings is 1. The monoisotopic (exact) mass is 421 g/mol. The Kier molecular flexibility index (Phi) is 6.61. The fraction of sp³-hybridized carbons (Fsp3) is 0.167. The Hall–Kier alpha value is -3.52. The van der Waals surface area contributed by atoms with Crippen molar-refractivity contribution in [2.24, 2.45) is 0 Å². The van der Waals surface area contributed by atoms with Gasteiger partial charge < -0.3 is 0 Å². The number of hydrogen-bond acceptors (Lipinski definition) is 1. The number of hydrogen-bond donors (Lipinski definition) is 0. The third-order valence-corrected chi connectivity index (χ3v) is 5.73. The molecule has 0 fully saturated rings. The van der Waals surface area contributed by atoms with Crippen molar-refractivity contribution in [3.05, 3.63) is 119 Å². The molecule has 2 heteroatoms. The lowest BCUT2D eigenvalue weighted by molar-refractivity contribution is 0.323. The number of nitrogens with zero attached hydrogens (tertiary/aromatic N) is 1. The van der Waals surface area contributed by atoms with E-state index in [1.807, 2.05) is 61.5 Å². The molecule has 0 N–H and O–H groups in total. The molecule has 1 nitrogen and oxygen atoms in total. The molecule has 1 aromatic heterocycles. The second-order valence-electron chi connectivity index (χ2n) is 8.38. The summed E-state index contributed by atoms with van der Waals surface area (Å²) in [4.78, 5) is 4.73. The molecule has 0 bridgehead atoms. The molecule has 1 atom stereocenters. The summed E-state index contributed by atoms with van der Waals surface area (Å²) in [5, 5.41) is 1.13. The van der Waals surface area contributed by atoms with Crippen LogP contribution in [0, 0.1) is 6.92 Å². The number of benzene rings is 3. The largest absolute Gasteiger partial charge is 0.248 e. The molecule has 0 amide bonds. The van der Waals surface area contributed by atoms with Gasteiger partial charge in [-0.3, -0.25) is 0 Å². The zero-order chi connectivity index (χ0) is 22.5. The van der Waals surface area contributed by atoms with Crippen molar-refractivity contribution in [2.75, 3.05) is 0 Å². The van der Waals surface area contributed by atoms with E-state index in [0.717, 1.165) is 38.9 Å². The molecule has 32 heavy (non-hydrogen) atoms. The van der Waals surface area contributed by atoms with E-state index in [4.69, 9.17) is 4.98 Å². The molecule has 0 spiro atoms. The van der Waals surface area contributed by atoms with E-state index in [2.05, 4.69) is 49.9 Å². The second-order valence-corrected chi connectivity index (χ2v) is 8.38. The maximum atomic E-state index is 15.1. The topological polar surface area (TPSA) is 12.9 Å². The van der Waals surface area contributed by atoms with E-state index in [1.165, 1.54) is 5.56 Å². The first kappa shape index (κ1) is 21.7. The normalized spacial score (nSPS) is 12.3. The highest BCUT2D eigenvalue weighted by Crippen LogP contribution is 2.27. The average molecular weight is 422 g/mol. The van der Waals surface area contributed by atoms with Crippen molar-refractivity contribution in [3.8, 4) is 0 Å². The molecule has 0 saturated carbocycles. The molecule has 0 aliphatic rings. The Morgan fingerprint density at radius 3 is 2.62 bits per heavy atom. The van der Waals surface area contributed by atoms with Crippen LogP contribution in [0.4, 0.5) is 4.39 Å². The maximum absolute atomic E-state index is 15.1. The number of alkyl halides is 1. The van der Waals surface area contributed by atoms with Gasteiger partial charge in [-0.15, -0.1) is 0 Å². The molecule has 1 heterocycles. The summed E-state index contributed by atoms with van der Waals surface area (Å²) in [7, 11) is 0. The van der Waals surface area contributed by atoms with Gasteiger partial charge in [0.25, 0.3) is 0 Å². The van der Waals surface area contributed by atoms with Crippen LogP contribution in [-0.4, -0.2) is 4.98 Å². The first-order chi connectivity index (χ1) is 15.5. The van der Waals surface area contributed by atoms with Crippen LogP contribution in [0.25, 0.3) is 28.6 Å². The van der Waals surface area contributed by atoms with Crippen molar-refractivity contribution >= 4 is 28.6 Å². The van der Waals surface area contributed by atoms with Crippen molar-refractivity contribution in [2.45, 2.75) is 32.9 Å². The van der Waals surface area contributed by atoms with Crippen LogP contribution in [0.5, 0.6) is 0 Å². The van der Waals surface area contributed by atoms with Gasteiger partial charge >= 0.3 is 0 Å². The van der Waals surface area contributed by atoms with Crippen molar-refractivity contribution < 1.29 is 4.39 Å². The Balaban J connectivity index is 1.47. The van der Waals surface area contributed by atoms with E-state index in [0.29, 0.717) is 18.4 Å². The van der Waals surface area contributed by atoms with Crippen LogP contribution >= 0.6 is 0 Å². The zero-order valence-electron chi connectivity index (χ0n) is 18.7. The minimum atomic E-state index is -1.01. The molecule has 3 aromatic carbocycles. The predicted molar refractivity (Wildman–Crippen MR) is 135 cm³/mol. The van der Waals surface area contributed by atoms with E-state index in [-0.39, 0.29) is 0 Å². The highest BCUT2D eigenvalue weighted by Gasteiger charge is 2.12. The summed E-state index contributed by atoms with van der Waals surface area (Å²) >= 11 is 0. The Morgan fingerprint density at radius 1 is 0.969 bits per heavy atom. The van der Waals surface area contributed by atoms with Crippen molar-refractivity contribution in [1.82, 2.24) is 4.98 Å². The third kappa shape index (κ3) is 5.20. The van der Waals surface area contributed by atoms with E-state index in [1.54, 1.807) is 0 Å². The van der Waals surface area contributed by atoms with Gasteiger partial charge in [0.2, 0.25) is 0 Å². The Bertz CT molecular complexity index is 1290. The number of rotatable bonds is 7. The smallest absolute Gasteiger partial charge is 0.125 e. The van der Waals surface area contributed by atoms with Crippen LogP contribution < -0.4 is 0 Å². The van der Waals surface area contributed by atoms with Gasteiger partial charge in [-0.1, -0.05) is 78.9 Å². The van der Waals surface area contributed by atoms with Gasteiger partial charge in [0.15, 0.2) is 0 Å². The van der Waals surface area contributed by atoms with Gasteiger partial charge in [0.1, 0.15) is 6.17 Å². The first-order valence-corrected chi connectivity index (χ1v) is 11.0. The van der Waals surface area contributed by atoms with Crippen LogP contribution in [0.15, 0.2) is 85.4 Å². The van der Waals surface area contributed by atoms with E-state index >= 15 is 4.39 Å². The Labute approximate surface area is 190 Å². The summed E-state index contributed by atoms with van der Waals surface area (Å²) in [5.74, 6) is 0. The number of aromatic nitrogens is 1. The molecule has 0 aliphatic heterocycles. The highest BCUT2D eigenvalue weighted by molar-refractivity contribution is 5.81. The molecule has 1 unspecified atom stereocenters. The molecule has 0 aliphatic carbocycles. The number of allylic oxidation sites excluding steroid dienone is 1. The van der Waals surface area contributed by atoms with Crippen LogP contribution in [0.3, 0.4) is 0 Å². The SMILES string of the molecule is C=C(C)c1ccccc1CCC(F)c1cccc(/C=C/c2ccc3ccc(C)cc3n2)c1. The zero-order valence-corrected chi connectivity index (χ0v) is 18.7. The van der Waals surface area contributed by atoms with E-state index in [9.17, 15) is 0 Å². The second kappa shape index (κ2) is 9.74. The number of aryl methyl sites for hydroxylation is 2. The minimum Gasteiger partial charge on any atom is -0.248 e. The van der Waals surface area contributed by atoms with Crippen molar-refractivity contribution in [1.29, 1.82) is 0 Å². The molecule has 160 valence electrons. The lowest BCUT2D eigenvalue weighted by Gasteiger charge is -2.12. The van der Waals surface area contributed by atoms with Crippen LogP contribution in [0.2, 0.25) is 0 Å². The standard InChI is InChI=1S/C30H28FN/c1-21(2)28-10-5-4-8-24(28)15-18-29(31)26-9-6-7-23(20-26)12-16-27-17-14-25-13-11-22(3)19-30(25)32-27/h4-14,16-17,19-20,29H,1,15,18H2,2-3H3/b16-12+. The van der Waals surface area contributed by atoms with Crippen LogP contribution in [0.1, 0.15) is 53.0 Å². The summed E-state index contributed by atoms with van der Waals surface area (Å²) < 4.78 is 15.1. The van der Waals surface area contributed by atoms with Gasteiger partial charge in [-0.2, -0.15) is 0 Å². The van der Waals surface area contributed by atoms with Crippen LogP contribution in [-0.2, 0) is 6.42 Å². The average Bonchev–Trinajstić information content (AvgIpc) is 2.81. The Morgan fingerprint density at radius 2 is 1.78 bits per heavy atom. The number of fused-ring (bicyclic) bond motifs is 1. The molecular formula is C30H28FN. The fourth-order valence-corrected chi connectivity index (χ4v) is 3.98. The number of halogens is 1. The van der Waals surface area contributed by atoms with Gasteiger partial charge in [-0.25, -0.2) is 9.37 Å². The maximum Gasteiger partial charge on any atom is 0.125 e. The molecular weight excluding hydrogens is 393 g/mol. The minimum absolute atomic E-state index is 0.447. The first-order valence-electron chi connectivity index (χ1n) is 11.0. The molecule has 0 saturated heterocycles. The third-order valence-electron chi connectivity index (χ3n) is 5.73. The van der Waals surface area contributed by atoms with Gasteiger partial charge in [0, 0.05) is 5.39 Å². The lowest BCUT2D eigenvalue weighted by Crippen LogP contribution is -1.98. The molecule has 4 aromatic rings. The molecule has 4 rings (SSSR count). The summed E-state index contributed by atoms with van der Waals surface area (Å²) in [6, 6.07) is 26.2. The lowest BCUT2D eigenvalue weighted by atomic mass is 9.95. The summed E-state index contributed by atoms with van der Waals surface area (Å²) in [6.45, 7) is 8.11. The highest BCUT2D eigenvalue weighted by atomic mass is 19.1. The summed E-state index contributed by atoms with van der Waals surface area (Å²) in [6.07, 6.45) is 4.10. The molecule has 0 radical (unpaired) electrons.